The van der Waals surface area contributed by atoms with Crippen molar-refractivity contribution in [2.45, 2.75) is 26.2 Å². The highest BCUT2D eigenvalue weighted by atomic mass is 19.2. The van der Waals surface area contributed by atoms with Crippen molar-refractivity contribution in [2.75, 3.05) is 18.9 Å². The Balaban J connectivity index is 2.62. The summed E-state index contributed by atoms with van der Waals surface area (Å²) in [7, 11) is 1.56. The normalized spacial score (nSPS) is 10.3. The van der Waals surface area contributed by atoms with Crippen LogP contribution in [0.15, 0.2) is 12.1 Å². The minimum atomic E-state index is -1.67. The molecule has 0 spiro atoms. The Morgan fingerprint density at radius 2 is 1.86 bits per heavy atom. The third-order valence-corrected chi connectivity index (χ3v) is 2.89. The van der Waals surface area contributed by atoms with Crippen molar-refractivity contribution >= 4 is 17.5 Å². The number of nitrogens with one attached hydrogen (secondary N) is 1. The highest BCUT2D eigenvalue weighted by molar-refractivity contribution is 6.03. The summed E-state index contributed by atoms with van der Waals surface area (Å²) in [4.78, 5) is 24.7. The van der Waals surface area contributed by atoms with E-state index in [0.717, 1.165) is 18.9 Å². The lowest BCUT2D eigenvalue weighted by Gasteiger charge is -2.16. The van der Waals surface area contributed by atoms with Gasteiger partial charge in [-0.15, -0.1) is 0 Å². The second-order valence-electron chi connectivity index (χ2n) is 4.62. The lowest BCUT2D eigenvalue weighted by atomic mass is 10.2. The molecule has 0 saturated carbocycles. The Kier molecular flexibility index (Phi) is 6.20. The predicted octanol–water partition coefficient (Wildman–Crippen LogP) is 2.69. The fourth-order valence-electron chi connectivity index (χ4n) is 1.61. The summed E-state index contributed by atoms with van der Waals surface area (Å²) in [6.45, 7) is 2.49. The largest absolute Gasteiger partial charge is 0.345 e. The van der Waals surface area contributed by atoms with E-state index in [0.29, 0.717) is 12.6 Å². The number of carbonyl (C=O) groups excluding carboxylic acids is 2. The lowest BCUT2D eigenvalue weighted by molar-refractivity contribution is -0.133. The molecule has 1 aromatic rings. The molecule has 0 aromatic heterocycles. The van der Waals surface area contributed by atoms with Crippen LogP contribution >= 0.6 is 0 Å². The van der Waals surface area contributed by atoms with Crippen LogP contribution in [0.1, 0.15) is 26.2 Å². The number of nitrogens with zero attached hydrogens (tertiary/aromatic N) is 1. The Bertz CT molecular complexity index is 535. The predicted molar refractivity (Wildman–Crippen MR) is 72.1 cm³/mol. The van der Waals surface area contributed by atoms with Gasteiger partial charge in [-0.05, 0) is 18.6 Å². The first-order valence-corrected chi connectivity index (χ1v) is 6.54. The first-order valence-electron chi connectivity index (χ1n) is 6.54. The molecule has 2 amide bonds. The summed E-state index contributed by atoms with van der Waals surface area (Å²) in [5, 5.41) is 2.05. The van der Waals surface area contributed by atoms with Crippen molar-refractivity contribution in [3.05, 3.63) is 29.6 Å². The Morgan fingerprint density at radius 3 is 2.48 bits per heavy atom. The molecule has 0 heterocycles. The maximum atomic E-state index is 13.4. The molecule has 116 valence electrons. The van der Waals surface area contributed by atoms with Crippen molar-refractivity contribution in [1.82, 2.24) is 4.90 Å². The van der Waals surface area contributed by atoms with Crippen LogP contribution in [0, 0.1) is 17.5 Å². The summed E-state index contributed by atoms with van der Waals surface area (Å²) >= 11 is 0. The molecule has 0 aliphatic rings. The molecule has 4 nitrogen and oxygen atoms in total. The van der Waals surface area contributed by atoms with Crippen LogP contribution < -0.4 is 5.32 Å². The monoisotopic (exact) mass is 302 g/mol. The molecule has 1 rings (SSSR count). The topological polar surface area (TPSA) is 49.4 Å². The van der Waals surface area contributed by atoms with Crippen LogP contribution in [-0.4, -0.2) is 30.3 Å². The Labute approximate surface area is 120 Å². The number of hydrogen-bond donors (Lipinski definition) is 1. The van der Waals surface area contributed by atoms with Crippen molar-refractivity contribution in [2.24, 2.45) is 0 Å². The number of unbranched alkanes of at least 4 members (excludes halogenated alkanes) is 1. The second-order valence-corrected chi connectivity index (χ2v) is 4.62. The Hall–Kier alpha value is -2.05. The van der Waals surface area contributed by atoms with Crippen LogP contribution in [0.25, 0.3) is 0 Å². The smallest absolute Gasteiger partial charge is 0.233 e. The Morgan fingerprint density at radius 1 is 1.19 bits per heavy atom. The molecule has 0 radical (unpaired) electrons. The van der Waals surface area contributed by atoms with Crippen LogP contribution in [0.5, 0.6) is 0 Å². The van der Waals surface area contributed by atoms with Crippen molar-refractivity contribution in [3.8, 4) is 0 Å². The van der Waals surface area contributed by atoms with E-state index in [1.165, 1.54) is 4.90 Å². The first-order chi connectivity index (χ1) is 9.86. The van der Waals surface area contributed by atoms with Gasteiger partial charge in [0.1, 0.15) is 6.42 Å². The van der Waals surface area contributed by atoms with E-state index >= 15 is 0 Å². The molecule has 1 N–H and O–H groups in total. The molecule has 0 fully saturated rings. The molecule has 0 aliphatic carbocycles. The highest BCUT2D eigenvalue weighted by Gasteiger charge is 2.18. The van der Waals surface area contributed by atoms with E-state index < -0.39 is 41.4 Å². The van der Waals surface area contributed by atoms with E-state index in [9.17, 15) is 22.8 Å². The van der Waals surface area contributed by atoms with Crippen molar-refractivity contribution in [3.63, 3.8) is 0 Å². The molecular weight excluding hydrogens is 285 g/mol. The maximum absolute atomic E-state index is 13.4. The average Bonchev–Trinajstić information content (AvgIpc) is 2.45. The summed E-state index contributed by atoms with van der Waals surface area (Å²) in [5.41, 5.74) is -0.497. The van der Waals surface area contributed by atoms with Gasteiger partial charge in [0.05, 0.1) is 5.69 Å². The second kappa shape index (κ2) is 7.66. The molecule has 0 aliphatic heterocycles. The summed E-state index contributed by atoms with van der Waals surface area (Å²) in [6, 6.07) is 1.60. The number of carbonyl (C=O) groups is 2. The van der Waals surface area contributed by atoms with Gasteiger partial charge in [0.2, 0.25) is 11.8 Å². The molecule has 21 heavy (non-hydrogen) atoms. The SMILES string of the molecule is CCCCN(C)C(=O)CC(=O)Nc1ccc(F)c(F)c1F. The third-order valence-electron chi connectivity index (χ3n) is 2.89. The van der Waals surface area contributed by atoms with E-state index in [4.69, 9.17) is 0 Å². The minimum Gasteiger partial charge on any atom is -0.345 e. The highest BCUT2D eigenvalue weighted by Crippen LogP contribution is 2.19. The van der Waals surface area contributed by atoms with Gasteiger partial charge in [-0.25, -0.2) is 13.2 Å². The number of anilines is 1. The van der Waals surface area contributed by atoms with E-state index in [1.807, 2.05) is 6.92 Å². The maximum Gasteiger partial charge on any atom is 0.233 e. The van der Waals surface area contributed by atoms with Crippen molar-refractivity contribution < 1.29 is 22.8 Å². The minimum absolute atomic E-state index is 0.427. The van der Waals surface area contributed by atoms with Gasteiger partial charge in [0, 0.05) is 13.6 Å². The standard InChI is InChI=1S/C14H17F3N2O2/c1-3-4-7-19(2)12(21)8-11(20)18-10-6-5-9(15)13(16)14(10)17/h5-6H,3-4,7-8H2,1-2H3,(H,18,20). The number of rotatable bonds is 6. The van der Waals surface area contributed by atoms with Gasteiger partial charge in [0.15, 0.2) is 17.5 Å². The number of benzene rings is 1. The fraction of sp³-hybridized carbons (Fsp3) is 0.429. The zero-order valence-corrected chi connectivity index (χ0v) is 11.9. The number of halogens is 3. The quantitative estimate of drug-likeness (QED) is 0.649. The van der Waals surface area contributed by atoms with Gasteiger partial charge < -0.3 is 10.2 Å². The van der Waals surface area contributed by atoms with Crippen LogP contribution in [0.2, 0.25) is 0 Å². The zero-order chi connectivity index (χ0) is 16.0. The summed E-state index contributed by atoms with van der Waals surface area (Å²) in [5.74, 6) is -5.72. The van der Waals surface area contributed by atoms with Gasteiger partial charge in [-0.3, -0.25) is 9.59 Å². The van der Waals surface area contributed by atoms with E-state index in [-0.39, 0.29) is 0 Å². The first kappa shape index (κ1) is 17.0. The molecule has 0 bridgehead atoms. The molecule has 0 atom stereocenters. The molecule has 0 unspecified atom stereocenters. The summed E-state index contributed by atoms with van der Waals surface area (Å²) in [6.07, 6.45) is 1.23. The summed E-state index contributed by atoms with van der Waals surface area (Å²) < 4.78 is 39.1. The van der Waals surface area contributed by atoms with Gasteiger partial charge in [-0.1, -0.05) is 13.3 Å². The molecular formula is C14H17F3N2O2. The van der Waals surface area contributed by atoms with Crippen LogP contribution in [0.3, 0.4) is 0 Å². The lowest BCUT2D eigenvalue weighted by Crippen LogP contribution is -2.31. The van der Waals surface area contributed by atoms with Gasteiger partial charge >= 0.3 is 0 Å². The van der Waals surface area contributed by atoms with E-state index in [1.54, 1.807) is 7.05 Å². The van der Waals surface area contributed by atoms with Gasteiger partial charge in [-0.2, -0.15) is 0 Å². The van der Waals surface area contributed by atoms with Crippen LogP contribution in [-0.2, 0) is 9.59 Å². The molecule has 7 heteroatoms. The molecule has 0 saturated heterocycles. The van der Waals surface area contributed by atoms with Crippen molar-refractivity contribution in [1.29, 1.82) is 0 Å². The van der Waals surface area contributed by atoms with Gasteiger partial charge in [0.25, 0.3) is 0 Å². The van der Waals surface area contributed by atoms with Crippen LogP contribution in [0.4, 0.5) is 18.9 Å². The molecule has 1 aromatic carbocycles. The zero-order valence-electron chi connectivity index (χ0n) is 11.9. The third kappa shape index (κ3) is 4.77. The van der Waals surface area contributed by atoms with E-state index in [2.05, 4.69) is 5.32 Å². The number of amides is 2. The number of hydrogen-bond acceptors (Lipinski definition) is 2. The average molecular weight is 302 g/mol. The fourth-order valence-corrected chi connectivity index (χ4v) is 1.61.